The number of hydrogen-bond donors (Lipinski definition) is 1. The number of aromatic nitrogens is 1. The van der Waals surface area contributed by atoms with Gasteiger partial charge in [0.25, 0.3) is 17.2 Å². The van der Waals surface area contributed by atoms with Crippen molar-refractivity contribution in [1.82, 2.24) is 4.57 Å². The first-order valence-electron chi connectivity index (χ1n) is 13.3. The molecule has 10 nitrogen and oxygen atoms in total. The maximum absolute atomic E-state index is 13.9. The minimum atomic E-state index is -0.775. The van der Waals surface area contributed by atoms with Crippen molar-refractivity contribution in [3.63, 3.8) is 0 Å². The number of halogens is 1. The molecule has 0 bridgehead atoms. The van der Waals surface area contributed by atoms with E-state index in [-0.39, 0.29) is 28.5 Å². The number of carbonyl (C=O) groups excluding carboxylic acids is 1. The maximum Gasteiger partial charge on any atom is 0.284 e. The van der Waals surface area contributed by atoms with Gasteiger partial charge < -0.3 is 14.5 Å². The molecule has 0 fully saturated rings. The van der Waals surface area contributed by atoms with Gasteiger partial charge in [-0.15, -0.1) is 0 Å². The Hall–Kier alpha value is -5.26. The third-order valence-corrected chi connectivity index (χ3v) is 8.29. The molecule has 1 aliphatic rings. The average Bonchev–Trinajstić information content (AvgIpc) is 3.60. The van der Waals surface area contributed by atoms with Crippen molar-refractivity contribution in [1.29, 1.82) is 0 Å². The molecule has 3 heterocycles. The number of ether oxygens (including phenoxy) is 1. The first-order chi connectivity index (χ1) is 21.2. The van der Waals surface area contributed by atoms with Crippen LogP contribution in [0.5, 0.6) is 5.75 Å². The number of benzene rings is 3. The fraction of sp³-hybridized carbons (Fsp3) is 0.0938. The van der Waals surface area contributed by atoms with Gasteiger partial charge in [-0.2, -0.15) is 0 Å². The van der Waals surface area contributed by atoms with Gasteiger partial charge in [-0.3, -0.25) is 24.3 Å². The minimum absolute atomic E-state index is 0.177. The quantitative estimate of drug-likeness (QED) is 0.182. The summed E-state index contributed by atoms with van der Waals surface area (Å²) in [4.78, 5) is 43.8. The predicted molar refractivity (Wildman–Crippen MR) is 168 cm³/mol. The monoisotopic (exact) mass is 626 g/mol. The summed E-state index contributed by atoms with van der Waals surface area (Å²) in [6.45, 7) is 1.74. The lowest BCUT2D eigenvalue weighted by molar-refractivity contribution is -0.384. The van der Waals surface area contributed by atoms with E-state index in [0.29, 0.717) is 48.4 Å². The second kappa shape index (κ2) is 11.8. The number of nitrogens with zero attached hydrogens (tertiary/aromatic N) is 3. The summed E-state index contributed by atoms with van der Waals surface area (Å²) < 4.78 is 12.9. The van der Waals surface area contributed by atoms with Crippen LogP contribution in [-0.4, -0.2) is 22.5 Å². The number of allylic oxidation sites excluding steroid dienone is 1. The van der Waals surface area contributed by atoms with Crippen LogP contribution in [0.1, 0.15) is 24.3 Å². The van der Waals surface area contributed by atoms with Crippen molar-refractivity contribution in [2.75, 3.05) is 12.4 Å². The molecule has 2 aromatic heterocycles. The Morgan fingerprint density at radius 2 is 1.86 bits per heavy atom. The zero-order valence-corrected chi connectivity index (χ0v) is 24.9. The Morgan fingerprint density at radius 3 is 2.57 bits per heavy atom. The van der Waals surface area contributed by atoms with Crippen molar-refractivity contribution in [2.24, 2.45) is 4.99 Å². The lowest BCUT2D eigenvalue weighted by Gasteiger charge is -2.25. The second-order valence-electron chi connectivity index (χ2n) is 9.80. The summed E-state index contributed by atoms with van der Waals surface area (Å²) in [5, 5.41) is 15.1. The van der Waals surface area contributed by atoms with Gasteiger partial charge in [-0.25, -0.2) is 4.99 Å². The highest BCUT2D eigenvalue weighted by Crippen LogP contribution is 2.35. The van der Waals surface area contributed by atoms with E-state index in [1.807, 2.05) is 18.2 Å². The number of rotatable bonds is 7. The van der Waals surface area contributed by atoms with E-state index in [1.165, 1.54) is 17.7 Å². The highest BCUT2D eigenvalue weighted by atomic mass is 35.5. The van der Waals surface area contributed by atoms with E-state index >= 15 is 0 Å². The number of amides is 1. The molecule has 220 valence electrons. The molecule has 44 heavy (non-hydrogen) atoms. The lowest BCUT2D eigenvalue weighted by Crippen LogP contribution is -2.40. The summed E-state index contributed by atoms with van der Waals surface area (Å²) in [5.74, 6) is 0.531. The highest BCUT2D eigenvalue weighted by Gasteiger charge is 2.32. The van der Waals surface area contributed by atoms with E-state index in [2.05, 4.69) is 10.3 Å². The van der Waals surface area contributed by atoms with Crippen LogP contribution in [0.4, 0.5) is 11.4 Å². The molecule has 6 rings (SSSR count). The van der Waals surface area contributed by atoms with Gasteiger partial charge in [-0.1, -0.05) is 53.3 Å². The summed E-state index contributed by atoms with van der Waals surface area (Å²) >= 11 is 7.31. The molecular formula is C32H23ClN4O6S. The number of nitro benzene ring substituents is 1. The summed E-state index contributed by atoms with van der Waals surface area (Å²) in [5.41, 5.74) is 1.80. The number of methoxy groups -OCH3 is 1. The highest BCUT2D eigenvalue weighted by molar-refractivity contribution is 7.07. The van der Waals surface area contributed by atoms with Crippen molar-refractivity contribution < 1.29 is 18.9 Å². The molecule has 1 aliphatic heterocycles. The Morgan fingerprint density at radius 1 is 1.11 bits per heavy atom. The van der Waals surface area contributed by atoms with Gasteiger partial charge in [0.2, 0.25) is 0 Å². The van der Waals surface area contributed by atoms with Crippen LogP contribution >= 0.6 is 22.9 Å². The zero-order valence-electron chi connectivity index (χ0n) is 23.3. The Bertz CT molecular complexity index is 2130. The molecule has 1 atom stereocenters. The maximum atomic E-state index is 13.9. The smallest absolute Gasteiger partial charge is 0.284 e. The van der Waals surface area contributed by atoms with Crippen molar-refractivity contribution in [3.8, 4) is 17.1 Å². The number of thiazole rings is 1. The van der Waals surface area contributed by atoms with E-state index in [0.717, 1.165) is 11.3 Å². The second-order valence-corrected chi connectivity index (χ2v) is 11.2. The topological polar surface area (TPSA) is 129 Å². The van der Waals surface area contributed by atoms with Crippen molar-refractivity contribution >= 4 is 46.3 Å². The molecule has 0 spiro atoms. The molecule has 0 aliphatic carbocycles. The summed E-state index contributed by atoms with van der Waals surface area (Å²) in [6, 6.07) is 22.9. The summed E-state index contributed by atoms with van der Waals surface area (Å²) in [6.07, 6.45) is 1.56. The van der Waals surface area contributed by atoms with Gasteiger partial charge in [-0.05, 0) is 61.0 Å². The van der Waals surface area contributed by atoms with E-state index in [1.54, 1.807) is 73.7 Å². The normalized spacial score (nSPS) is 14.6. The standard InChI is InChI=1S/C32H23ClN4O6S/c1-18-28(30(38)35-21-6-4-3-5-7-21)29(19-8-10-20(33)11-9-19)36-31(39)27(44-32(36)34-18)17-23-13-15-26(43-23)24-14-12-22(42-2)16-25(24)37(40)41/h3-17,29H,1-2H3,(H,35,38)/b27-17+. The van der Waals surface area contributed by atoms with Gasteiger partial charge in [0, 0.05) is 16.8 Å². The number of carbonyl (C=O) groups is 1. The number of furan rings is 1. The first kappa shape index (κ1) is 28.8. The third-order valence-electron chi connectivity index (χ3n) is 7.05. The van der Waals surface area contributed by atoms with Gasteiger partial charge >= 0.3 is 0 Å². The molecule has 1 amide bonds. The van der Waals surface area contributed by atoms with Gasteiger partial charge in [0.15, 0.2) is 4.80 Å². The van der Waals surface area contributed by atoms with Gasteiger partial charge in [0.1, 0.15) is 17.3 Å². The van der Waals surface area contributed by atoms with Gasteiger partial charge in [0.05, 0.1) is 45.5 Å². The molecular weight excluding hydrogens is 604 g/mol. The predicted octanol–water partition coefficient (Wildman–Crippen LogP) is 5.70. The Labute approximate surface area is 259 Å². The van der Waals surface area contributed by atoms with E-state index in [9.17, 15) is 19.7 Å². The fourth-order valence-electron chi connectivity index (χ4n) is 4.99. The summed E-state index contributed by atoms with van der Waals surface area (Å²) in [7, 11) is 1.43. The van der Waals surface area contributed by atoms with Crippen LogP contribution < -0.4 is 24.9 Å². The number of nitrogens with one attached hydrogen (secondary N) is 1. The van der Waals surface area contributed by atoms with E-state index in [4.69, 9.17) is 20.8 Å². The molecule has 12 heteroatoms. The Kier molecular flexibility index (Phi) is 7.73. The number of nitro groups is 1. The fourth-order valence-corrected chi connectivity index (χ4v) is 6.15. The molecule has 3 aromatic carbocycles. The van der Waals surface area contributed by atoms with Crippen LogP contribution in [-0.2, 0) is 4.79 Å². The number of fused-ring (bicyclic) bond motifs is 1. The van der Waals surface area contributed by atoms with Crippen LogP contribution in [0.25, 0.3) is 17.4 Å². The van der Waals surface area contributed by atoms with E-state index < -0.39 is 11.0 Å². The number of anilines is 1. The largest absolute Gasteiger partial charge is 0.497 e. The minimum Gasteiger partial charge on any atom is -0.497 e. The van der Waals surface area contributed by atoms with Crippen LogP contribution in [0.15, 0.2) is 110 Å². The van der Waals surface area contributed by atoms with Crippen molar-refractivity contribution in [3.05, 3.63) is 142 Å². The molecule has 0 radical (unpaired) electrons. The lowest BCUT2D eigenvalue weighted by atomic mass is 9.95. The number of para-hydroxylation sites is 1. The molecule has 1 unspecified atom stereocenters. The van der Waals surface area contributed by atoms with Crippen LogP contribution in [0, 0.1) is 10.1 Å². The molecule has 0 saturated heterocycles. The third kappa shape index (κ3) is 5.46. The Balaban J connectivity index is 1.44. The zero-order chi connectivity index (χ0) is 31.0. The first-order valence-corrected chi connectivity index (χ1v) is 14.5. The van der Waals surface area contributed by atoms with Crippen molar-refractivity contribution in [2.45, 2.75) is 13.0 Å². The molecule has 5 aromatic rings. The number of hydrogen-bond acceptors (Lipinski definition) is 8. The van der Waals surface area contributed by atoms with Crippen LogP contribution in [0.2, 0.25) is 5.02 Å². The van der Waals surface area contributed by atoms with Crippen LogP contribution in [0.3, 0.4) is 0 Å². The SMILES string of the molecule is COc1ccc(-c2ccc(/C=c3/sc4n(c3=O)C(c3ccc(Cl)cc3)C(C(=O)Nc3ccccc3)=C(C)N=4)o2)c([N+](=O)[O-])c1. The molecule has 0 saturated carbocycles. The molecule has 1 N–H and O–H groups in total. The average molecular weight is 627 g/mol.